The van der Waals surface area contributed by atoms with Crippen LogP contribution in [-0.4, -0.2) is 9.97 Å². The van der Waals surface area contributed by atoms with Crippen LogP contribution in [-0.2, 0) is 13.0 Å². The normalized spacial score (nSPS) is 17.4. The van der Waals surface area contributed by atoms with E-state index in [1.807, 2.05) is 18.2 Å². The fourth-order valence-electron chi connectivity index (χ4n) is 2.92. The van der Waals surface area contributed by atoms with Gasteiger partial charge in [-0.25, -0.2) is 4.98 Å². The third-order valence-electron chi connectivity index (χ3n) is 4.02. The molecule has 5 heteroatoms. The lowest BCUT2D eigenvalue weighted by atomic mass is 9.93. The monoisotopic (exact) mass is 311 g/mol. The van der Waals surface area contributed by atoms with E-state index in [0.29, 0.717) is 6.04 Å². The minimum absolute atomic E-state index is 0.377. The van der Waals surface area contributed by atoms with E-state index in [1.165, 1.54) is 12.0 Å². The first-order valence-electron chi connectivity index (χ1n) is 7.55. The van der Waals surface area contributed by atoms with Gasteiger partial charge in [-0.15, -0.1) is 11.3 Å². The molecule has 1 aliphatic carbocycles. The third kappa shape index (κ3) is 2.69. The number of fused-ring (bicyclic) bond motifs is 1. The van der Waals surface area contributed by atoms with Gasteiger partial charge in [0.1, 0.15) is 10.8 Å². The first-order chi connectivity index (χ1) is 10.9. The van der Waals surface area contributed by atoms with Crippen LogP contribution >= 0.6 is 11.3 Å². The number of hydrogen-bond donors (Lipinski definition) is 1. The van der Waals surface area contributed by atoms with Crippen LogP contribution in [0.4, 0.5) is 0 Å². The highest BCUT2D eigenvalue weighted by Gasteiger charge is 2.22. The standard InChI is InChI=1S/C17H17N3OS/c1-2-8-18-15(4-1)17-20-12(11-22-17)10-19-14-5-3-6-16-13(14)7-9-21-16/h1-2,4,7-9,11,14,19H,3,5-6,10H2. The number of nitrogens with one attached hydrogen (secondary N) is 1. The molecule has 0 bridgehead atoms. The van der Waals surface area contributed by atoms with Crippen LogP contribution in [0, 0.1) is 0 Å². The van der Waals surface area contributed by atoms with E-state index in [-0.39, 0.29) is 0 Å². The Balaban J connectivity index is 1.44. The minimum Gasteiger partial charge on any atom is -0.469 e. The molecule has 0 amide bonds. The number of hydrogen-bond acceptors (Lipinski definition) is 5. The fraction of sp³-hybridized carbons (Fsp3) is 0.294. The molecule has 4 rings (SSSR count). The molecule has 4 nitrogen and oxygen atoms in total. The maximum absolute atomic E-state index is 5.54. The van der Waals surface area contributed by atoms with Crippen molar-refractivity contribution in [2.45, 2.75) is 31.8 Å². The lowest BCUT2D eigenvalue weighted by molar-refractivity contribution is 0.410. The van der Waals surface area contributed by atoms with E-state index in [0.717, 1.165) is 41.5 Å². The van der Waals surface area contributed by atoms with Gasteiger partial charge in [0.25, 0.3) is 0 Å². The first kappa shape index (κ1) is 13.7. The quantitative estimate of drug-likeness (QED) is 0.792. The van der Waals surface area contributed by atoms with Crippen molar-refractivity contribution in [3.8, 4) is 10.7 Å². The molecule has 0 aliphatic heterocycles. The van der Waals surface area contributed by atoms with Gasteiger partial charge in [-0.2, -0.15) is 0 Å². The van der Waals surface area contributed by atoms with Crippen molar-refractivity contribution in [2.75, 3.05) is 0 Å². The van der Waals surface area contributed by atoms with Gasteiger partial charge < -0.3 is 9.73 Å². The maximum Gasteiger partial charge on any atom is 0.142 e. The molecule has 0 fully saturated rings. The first-order valence-corrected chi connectivity index (χ1v) is 8.43. The molecule has 3 aromatic heterocycles. The number of rotatable bonds is 4. The lowest BCUT2D eigenvalue weighted by Crippen LogP contribution is -2.24. The molecular weight excluding hydrogens is 294 g/mol. The van der Waals surface area contributed by atoms with Gasteiger partial charge in [0.05, 0.1) is 17.7 Å². The summed E-state index contributed by atoms with van der Waals surface area (Å²) in [4.78, 5) is 9.03. The molecule has 3 heterocycles. The molecule has 1 unspecified atom stereocenters. The van der Waals surface area contributed by atoms with Crippen molar-refractivity contribution in [2.24, 2.45) is 0 Å². The largest absolute Gasteiger partial charge is 0.469 e. The van der Waals surface area contributed by atoms with E-state index in [4.69, 9.17) is 4.42 Å². The molecule has 22 heavy (non-hydrogen) atoms. The summed E-state index contributed by atoms with van der Waals surface area (Å²) < 4.78 is 5.54. The molecule has 0 saturated carbocycles. The van der Waals surface area contributed by atoms with E-state index >= 15 is 0 Å². The van der Waals surface area contributed by atoms with Crippen LogP contribution in [0.3, 0.4) is 0 Å². The Bertz CT molecular complexity index is 750. The van der Waals surface area contributed by atoms with Crippen LogP contribution in [0.2, 0.25) is 0 Å². The maximum atomic E-state index is 5.54. The molecular formula is C17H17N3OS. The van der Waals surface area contributed by atoms with Gasteiger partial charge in [0, 0.05) is 36.1 Å². The van der Waals surface area contributed by atoms with Crippen molar-refractivity contribution >= 4 is 11.3 Å². The second kappa shape index (κ2) is 6.02. The van der Waals surface area contributed by atoms with Crippen molar-refractivity contribution in [3.05, 3.63) is 59.1 Å². The Hall–Kier alpha value is -1.98. The fourth-order valence-corrected chi connectivity index (χ4v) is 3.72. The smallest absolute Gasteiger partial charge is 0.142 e. The summed E-state index contributed by atoms with van der Waals surface area (Å²) in [6, 6.07) is 8.37. The van der Waals surface area contributed by atoms with E-state index in [9.17, 15) is 0 Å². The molecule has 0 saturated heterocycles. The second-order valence-electron chi connectivity index (χ2n) is 5.48. The highest BCUT2D eigenvalue weighted by atomic mass is 32.1. The number of aryl methyl sites for hydroxylation is 1. The predicted octanol–water partition coefficient (Wildman–Crippen LogP) is 3.97. The number of pyridine rings is 1. The number of nitrogens with zero attached hydrogens (tertiary/aromatic N) is 2. The third-order valence-corrected chi connectivity index (χ3v) is 4.93. The predicted molar refractivity (Wildman–Crippen MR) is 86.6 cm³/mol. The van der Waals surface area contributed by atoms with Gasteiger partial charge >= 0.3 is 0 Å². The zero-order valence-corrected chi connectivity index (χ0v) is 13.0. The zero-order valence-electron chi connectivity index (χ0n) is 12.2. The molecule has 3 aromatic rings. The van der Waals surface area contributed by atoms with Crippen molar-refractivity contribution in [3.63, 3.8) is 0 Å². The van der Waals surface area contributed by atoms with Crippen LogP contribution in [0.1, 0.15) is 35.9 Å². The van der Waals surface area contributed by atoms with Crippen molar-refractivity contribution in [1.29, 1.82) is 0 Å². The summed E-state index contributed by atoms with van der Waals surface area (Å²) in [6.45, 7) is 0.776. The summed E-state index contributed by atoms with van der Waals surface area (Å²) in [6.07, 6.45) is 6.99. The van der Waals surface area contributed by atoms with Crippen LogP contribution in [0.15, 0.2) is 46.5 Å². The molecule has 0 radical (unpaired) electrons. The van der Waals surface area contributed by atoms with Gasteiger partial charge in [-0.05, 0) is 31.0 Å². The molecule has 1 atom stereocenters. The number of furan rings is 1. The highest BCUT2D eigenvalue weighted by Crippen LogP contribution is 2.31. The van der Waals surface area contributed by atoms with Crippen LogP contribution in [0.25, 0.3) is 10.7 Å². The van der Waals surface area contributed by atoms with Crippen LogP contribution in [0.5, 0.6) is 0 Å². The number of aromatic nitrogens is 2. The Morgan fingerprint density at radius 2 is 2.32 bits per heavy atom. The topological polar surface area (TPSA) is 51.0 Å². The Kier molecular flexibility index (Phi) is 3.74. The average molecular weight is 311 g/mol. The molecule has 1 N–H and O–H groups in total. The summed E-state index contributed by atoms with van der Waals surface area (Å²) in [7, 11) is 0. The van der Waals surface area contributed by atoms with Crippen LogP contribution < -0.4 is 5.32 Å². The summed E-state index contributed by atoms with van der Waals surface area (Å²) in [5.74, 6) is 1.14. The van der Waals surface area contributed by atoms with E-state index in [2.05, 4.69) is 26.7 Å². The van der Waals surface area contributed by atoms with Gasteiger partial charge in [0.15, 0.2) is 0 Å². The van der Waals surface area contributed by atoms with Crippen molar-refractivity contribution in [1.82, 2.24) is 15.3 Å². The SMILES string of the molecule is c1ccc(-c2nc(CNC3CCCc4occc43)cs2)nc1. The molecule has 112 valence electrons. The summed E-state index contributed by atoms with van der Waals surface area (Å²) in [5.41, 5.74) is 3.32. The second-order valence-corrected chi connectivity index (χ2v) is 6.34. The number of thiazole rings is 1. The minimum atomic E-state index is 0.377. The van der Waals surface area contributed by atoms with E-state index < -0.39 is 0 Å². The summed E-state index contributed by atoms with van der Waals surface area (Å²) >= 11 is 1.64. The van der Waals surface area contributed by atoms with E-state index in [1.54, 1.807) is 23.8 Å². The van der Waals surface area contributed by atoms with Gasteiger partial charge in [-0.1, -0.05) is 6.07 Å². The Morgan fingerprint density at radius 3 is 3.23 bits per heavy atom. The average Bonchev–Trinajstić information content (AvgIpc) is 3.23. The lowest BCUT2D eigenvalue weighted by Gasteiger charge is -2.22. The zero-order chi connectivity index (χ0) is 14.8. The Labute approximate surface area is 133 Å². The molecule has 1 aliphatic rings. The summed E-state index contributed by atoms with van der Waals surface area (Å²) in [5, 5.41) is 6.69. The highest BCUT2D eigenvalue weighted by molar-refractivity contribution is 7.13. The van der Waals surface area contributed by atoms with Crippen molar-refractivity contribution < 1.29 is 4.42 Å². The van der Waals surface area contributed by atoms with Gasteiger partial charge in [-0.3, -0.25) is 4.98 Å². The molecule has 0 aromatic carbocycles. The van der Waals surface area contributed by atoms with Gasteiger partial charge in [0.2, 0.25) is 0 Å². The Morgan fingerprint density at radius 1 is 1.32 bits per heavy atom. The molecule has 0 spiro atoms.